The number of nitrogens with zero attached hydrogens (tertiary/aromatic N) is 1. The molecule has 92 valence electrons. The largest absolute Gasteiger partial charge is 0.391 e. The number of hydrogen-bond donors (Lipinski definition) is 1. The molecule has 1 unspecified atom stereocenters. The number of hydrogen-bond acceptors (Lipinski definition) is 3. The van der Waals surface area contributed by atoms with Crippen molar-refractivity contribution in [1.82, 2.24) is 4.90 Å². The van der Waals surface area contributed by atoms with Gasteiger partial charge in [0.05, 0.1) is 6.10 Å². The molecule has 0 fully saturated rings. The predicted molar refractivity (Wildman–Crippen MR) is 71.2 cm³/mol. The van der Waals surface area contributed by atoms with E-state index in [4.69, 9.17) is 0 Å². The molecule has 16 heavy (non-hydrogen) atoms. The molecule has 1 aromatic heterocycles. The molecule has 0 spiro atoms. The van der Waals surface area contributed by atoms with Crippen LogP contribution >= 0.6 is 11.3 Å². The molecule has 0 aliphatic heterocycles. The Balaban J connectivity index is 2.67. The molecule has 1 rings (SSSR count). The van der Waals surface area contributed by atoms with E-state index >= 15 is 0 Å². The number of aliphatic hydroxyl groups excluding tert-OH is 1. The van der Waals surface area contributed by atoms with Crippen molar-refractivity contribution in [2.45, 2.75) is 45.3 Å². The third kappa shape index (κ3) is 3.06. The number of aryl methyl sites for hydroxylation is 1. The van der Waals surface area contributed by atoms with Gasteiger partial charge in [-0.15, -0.1) is 11.3 Å². The maximum Gasteiger partial charge on any atom is 0.0766 e. The van der Waals surface area contributed by atoms with E-state index in [1.54, 1.807) is 0 Å². The SMILES string of the molecule is CCc1ccc(CC(O)C(C)(C)N(C)C)s1. The Morgan fingerprint density at radius 1 is 1.31 bits per heavy atom. The first-order valence-corrected chi connectivity index (χ1v) is 6.62. The lowest BCUT2D eigenvalue weighted by atomic mass is 9.93. The maximum absolute atomic E-state index is 10.2. The van der Waals surface area contributed by atoms with Crippen molar-refractivity contribution in [3.8, 4) is 0 Å². The summed E-state index contributed by atoms with van der Waals surface area (Å²) < 4.78 is 0. The Labute approximate surface area is 103 Å². The van der Waals surface area contributed by atoms with Gasteiger partial charge in [0, 0.05) is 21.7 Å². The number of likely N-dealkylation sites (N-methyl/N-ethyl adjacent to an activating group) is 1. The molecule has 0 bridgehead atoms. The van der Waals surface area contributed by atoms with Crippen LogP contribution in [0.1, 0.15) is 30.5 Å². The summed E-state index contributed by atoms with van der Waals surface area (Å²) >= 11 is 1.81. The molecular formula is C13H23NOS. The summed E-state index contributed by atoms with van der Waals surface area (Å²) in [6.45, 7) is 6.31. The first-order valence-electron chi connectivity index (χ1n) is 5.81. The van der Waals surface area contributed by atoms with Gasteiger partial charge in [-0.3, -0.25) is 0 Å². The number of aliphatic hydroxyl groups is 1. The quantitative estimate of drug-likeness (QED) is 0.856. The van der Waals surface area contributed by atoms with Crippen molar-refractivity contribution < 1.29 is 5.11 Å². The van der Waals surface area contributed by atoms with Gasteiger partial charge in [0.25, 0.3) is 0 Å². The molecule has 0 radical (unpaired) electrons. The van der Waals surface area contributed by atoms with Crippen LogP contribution in [0.2, 0.25) is 0 Å². The fourth-order valence-corrected chi connectivity index (χ4v) is 2.45. The normalized spacial score (nSPS) is 14.4. The summed E-state index contributed by atoms with van der Waals surface area (Å²) in [5.74, 6) is 0. The number of rotatable bonds is 5. The zero-order chi connectivity index (χ0) is 12.3. The summed E-state index contributed by atoms with van der Waals surface area (Å²) in [6.07, 6.45) is 1.50. The molecule has 0 aliphatic rings. The first kappa shape index (κ1) is 13.7. The Morgan fingerprint density at radius 3 is 2.31 bits per heavy atom. The van der Waals surface area contributed by atoms with Gasteiger partial charge in [-0.2, -0.15) is 0 Å². The highest BCUT2D eigenvalue weighted by Crippen LogP contribution is 2.24. The topological polar surface area (TPSA) is 23.5 Å². The molecule has 3 heteroatoms. The van der Waals surface area contributed by atoms with E-state index in [9.17, 15) is 5.11 Å². The van der Waals surface area contributed by atoms with Crippen molar-refractivity contribution in [3.63, 3.8) is 0 Å². The van der Waals surface area contributed by atoms with Gasteiger partial charge in [0.15, 0.2) is 0 Å². The first-order chi connectivity index (χ1) is 7.37. The van der Waals surface area contributed by atoms with Gasteiger partial charge < -0.3 is 10.0 Å². The van der Waals surface area contributed by atoms with E-state index in [0.29, 0.717) is 0 Å². The van der Waals surface area contributed by atoms with E-state index in [1.165, 1.54) is 9.75 Å². The summed E-state index contributed by atoms with van der Waals surface area (Å²) in [6, 6.07) is 4.30. The van der Waals surface area contributed by atoms with Crippen LogP contribution in [0.4, 0.5) is 0 Å². The molecule has 2 nitrogen and oxygen atoms in total. The lowest BCUT2D eigenvalue weighted by molar-refractivity contribution is 0.0187. The van der Waals surface area contributed by atoms with Crippen molar-refractivity contribution >= 4 is 11.3 Å². The Bertz CT molecular complexity index is 330. The third-order valence-corrected chi connectivity index (χ3v) is 4.68. The fourth-order valence-electron chi connectivity index (χ4n) is 1.46. The second-order valence-corrected chi connectivity index (χ2v) is 6.24. The van der Waals surface area contributed by atoms with Crippen LogP contribution in [0.25, 0.3) is 0 Å². The Morgan fingerprint density at radius 2 is 1.88 bits per heavy atom. The van der Waals surface area contributed by atoms with Crippen LogP contribution in [-0.4, -0.2) is 35.7 Å². The van der Waals surface area contributed by atoms with E-state index < -0.39 is 0 Å². The van der Waals surface area contributed by atoms with Crippen LogP contribution in [-0.2, 0) is 12.8 Å². The number of thiophene rings is 1. The van der Waals surface area contributed by atoms with Gasteiger partial charge in [0.2, 0.25) is 0 Å². The van der Waals surface area contributed by atoms with Crippen LogP contribution in [0.3, 0.4) is 0 Å². The smallest absolute Gasteiger partial charge is 0.0766 e. The molecule has 1 N–H and O–H groups in total. The highest BCUT2D eigenvalue weighted by molar-refractivity contribution is 7.11. The van der Waals surface area contributed by atoms with Gasteiger partial charge >= 0.3 is 0 Å². The minimum Gasteiger partial charge on any atom is -0.391 e. The zero-order valence-electron chi connectivity index (χ0n) is 10.9. The predicted octanol–water partition coefficient (Wildman–Crippen LogP) is 2.55. The second-order valence-electron chi connectivity index (χ2n) is 4.99. The van der Waals surface area contributed by atoms with E-state index in [1.807, 2.05) is 25.4 Å². The summed E-state index contributed by atoms with van der Waals surface area (Å²) in [4.78, 5) is 4.75. The van der Waals surface area contributed by atoms with Gasteiger partial charge in [-0.1, -0.05) is 6.92 Å². The van der Waals surface area contributed by atoms with Crippen LogP contribution in [0.5, 0.6) is 0 Å². The minimum atomic E-state index is -0.328. The second kappa shape index (κ2) is 5.30. The monoisotopic (exact) mass is 241 g/mol. The van der Waals surface area contributed by atoms with Gasteiger partial charge in [-0.05, 0) is 46.5 Å². The van der Waals surface area contributed by atoms with Crippen molar-refractivity contribution in [3.05, 3.63) is 21.9 Å². The molecule has 0 amide bonds. The summed E-state index contributed by atoms with van der Waals surface area (Å²) in [5, 5.41) is 10.2. The third-order valence-electron chi connectivity index (χ3n) is 3.43. The van der Waals surface area contributed by atoms with Crippen LogP contribution in [0.15, 0.2) is 12.1 Å². The Hall–Kier alpha value is -0.380. The van der Waals surface area contributed by atoms with Crippen molar-refractivity contribution in [2.24, 2.45) is 0 Å². The molecule has 0 aliphatic carbocycles. The highest BCUT2D eigenvalue weighted by atomic mass is 32.1. The minimum absolute atomic E-state index is 0.184. The molecule has 1 heterocycles. The van der Waals surface area contributed by atoms with Gasteiger partial charge in [0.1, 0.15) is 0 Å². The van der Waals surface area contributed by atoms with Crippen molar-refractivity contribution in [1.29, 1.82) is 0 Å². The van der Waals surface area contributed by atoms with E-state index in [-0.39, 0.29) is 11.6 Å². The fraction of sp³-hybridized carbons (Fsp3) is 0.692. The standard InChI is InChI=1S/C13H23NOS/c1-6-10-7-8-11(16-10)9-12(15)13(2,3)14(4)5/h7-8,12,15H,6,9H2,1-5H3. The molecular weight excluding hydrogens is 218 g/mol. The lowest BCUT2D eigenvalue weighted by Crippen LogP contribution is -2.49. The zero-order valence-corrected chi connectivity index (χ0v) is 11.8. The molecule has 0 saturated heterocycles. The van der Waals surface area contributed by atoms with E-state index in [0.717, 1.165) is 12.8 Å². The molecule has 0 saturated carbocycles. The lowest BCUT2D eigenvalue weighted by Gasteiger charge is -2.37. The van der Waals surface area contributed by atoms with Crippen LogP contribution in [0, 0.1) is 0 Å². The average Bonchev–Trinajstić information content (AvgIpc) is 2.65. The van der Waals surface area contributed by atoms with Gasteiger partial charge in [-0.25, -0.2) is 0 Å². The molecule has 0 aromatic carbocycles. The molecule has 1 aromatic rings. The highest BCUT2D eigenvalue weighted by Gasteiger charge is 2.30. The average molecular weight is 241 g/mol. The summed E-state index contributed by atoms with van der Waals surface area (Å²) in [5.41, 5.74) is -0.184. The van der Waals surface area contributed by atoms with E-state index in [2.05, 4.69) is 37.8 Å². The Kier molecular flexibility index (Phi) is 4.53. The maximum atomic E-state index is 10.2. The van der Waals surface area contributed by atoms with Crippen LogP contribution < -0.4 is 0 Å². The summed E-state index contributed by atoms with van der Waals surface area (Å²) in [7, 11) is 4.02. The molecule has 1 atom stereocenters. The van der Waals surface area contributed by atoms with Crippen molar-refractivity contribution in [2.75, 3.05) is 14.1 Å².